The minimum atomic E-state index is -0.137. The Hall–Kier alpha value is -2.12. The van der Waals surface area contributed by atoms with Gasteiger partial charge in [-0.1, -0.05) is 29.7 Å². The van der Waals surface area contributed by atoms with Gasteiger partial charge in [-0.2, -0.15) is 0 Å². The highest BCUT2D eigenvalue weighted by molar-refractivity contribution is 7.15. The lowest BCUT2D eigenvalue weighted by molar-refractivity contribution is -0.116. The lowest BCUT2D eigenvalue weighted by Gasteiger charge is -2.50. The molecule has 2 saturated carbocycles. The smallest absolute Gasteiger partial charge is 0.226 e. The largest absolute Gasteiger partial charge is 0.506 e. The summed E-state index contributed by atoms with van der Waals surface area (Å²) in [6.45, 7) is 4.22. The van der Waals surface area contributed by atoms with E-state index < -0.39 is 0 Å². The molecule has 1 aromatic heterocycles. The zero-order valence-corrected chi connectivity index (χ0v) is 20.5. The molecule has 2 aromatic rings. The zero-order chi connectivity index (χ0) is 23.3. The van der Waals surface area contributed by atoms with E-state index in [2.05, 4.69) is 22.4 Å². The van der Waals surface area contributed by atoms with E-state index >= 15 is 0 Å². The quantitative estimate of drug-likeness (QED) is 0.356. The van der Waals surface area contributed by atoms with E-state index in [1.54, 1.807) is 12.3 Å². The van der Waals surface area contributed by atoms with Crippen LogP contribution in [-0.4, -0.2) is 26.9 Å². The lowest BCUT2D eigenvalue weighted by atomic mass is 9.54. The zero-order valence-electron chi connectivity index (χ0n) is 19.0. The summed E-state index contributed by atoms with van der Waals surface area (Å²) in [7, 11) is 0. The van der Waals surface area contributed by atoms with Gasteiger partial charge in [0.1, 0.15) is 5.75 Å². The summed E-state index contributed by atoms with van der Waals surface area (Å²) in [5.74, 6) is 1.64. The highest BCUT2D eigenvalue weighted by atomic mass is 35.5. The molecule has 0 saturated heterocycles. The number of carbonyl (C=O) groups is 1. The van der Waals surface area contributed by atoms with Crippen molar-refractivity contribution in [2.75, 3.05) is 5.32 Å². The molecular formula is C25H30ClN3O3S. The number of hydrogen-bond acceptors (Lipinski definition) is 6. The summed E-state index contributed by atoms with van der Waals surface area (Å²) < 4.78 is 0. The van der Waals surface area contributed by atoms with Crippen LogP contribution in [0.5, 0.6) is 5.75 Å². The summed E-state index contributed by atoms with van der Waals surface area (Å²) >= 11 is 7.94. The van der Waals surface area contributed by atoms with Crippen LogP contribution in [-0.2, 0) is 11.2 Å². The molecular weight excluding hydrogens is 458 g/mol. The Kier molecular flexibility index (Phi) is 5.90. The normalized spacial score (nSPS) is 31.7. The Morgan fingerprint density at radius 2 is 2.21 bits per heavy atom. The van der Waals surface area contributed by atoms with Gasteiger partial charge >= 0.3 is 0 Å². The topological polar surface area (TPSA) is 94.8 Å². The SMILES string of the molecule is Cc1cnc(NC(=O)CC[C@@H]2CC(=NO)[C@@]3(C)CCC4c5ccc(O)c(Cl)c5CCC4C23)s1. The number of rotatable bonds is 4. The second-order valence-corrected chi connectivity index (χ2v) is 11.7. The summed E-state index contributed by atoms with van der Waals surface area (Å²) in [5.41, 5.74) is 3.11. The van der Waals surface area contributed by atoms with Crippen LogP contribution in [0.2, 0.25) is 5.02 Å². The fourth-order valence-corrected chi connectivity index (χ4v) is 7.97. The number of aryl methyl sites for hydroxylation is 1. The number of carbonyl (C=O) groups excluding carboxylic acids is 1. The first-order valence-electron chi connectivity index (χ1n) is 11.8. The second kappa shape index (κ2) is 8.58. The van der Waals surface area contributed by atoms with Gasteiger partial charge in [0.15, 0.2) is 5.13 Å². The molecule has 1 aromatic carbocycles. The van der Waals surface area contributed by atoms with Crippen molar-refractivity contribution in [3.8, 4) is 5.75 Å². The number of hydrogen-bond donors (Lipinski definition) is 3. The highest BCUT2D eigenvalue weighted by Crippen LogP contribution is 2.63. The number of halogens is 1. The molecule has 5 rings (SSSR count). The highest BCUT2D eigenvalue weighted by Gasteiger charge is 2.57. The molecule has 0 bridgehead atoms. The third-order valence-electron chi connectivity index (χ3n) is 8.43. The molecule has 0 radical (unpaired) electrons. The van der Waals surface area contributed by atoms with Gasteiger partial charge in [0.2, 0.25) is 5.91 Å². The van der Waals surface area contributed by atoms with Crippen LogP contribution in [0.4, 0.5) is 5.13 Å². The molecule has 3 unspecified atom stereocenters. The van der Waals surface area contributed by atoms with E-state index in [9.17, 15) is 15.1 Å². The maximum absolute atomic E-state index is 12.6. The average Bonchev–Trinajstić information content (AvgIpc) is 3.33. The molecule has 3 N–H and O–H groups in total. The standard InChI is InChI=1S/C25H30ClN3O3S/c1-13-12-27-24(33-13)28-21(31)8-3-14-11-20(29-32)25(2)10-9-16-15-6-7-19(30)23(26)18(15)5-4-17(16)22(14)25/h6-7,12,14,16-17,22,30,32H,3-5,8-11H2,1-2H3,(H,27,28,31)/t14-,16?,17?,22?,25-/m1/s1. The molecule has 33 heavy (non-hydrogen) atoms. The molecule has 0 aliphatic heterocycles. The Morgan fingerprint density at radius 3 is 2.94 bits per heavy atom. The van der Waals surface area contributed by atoms with Crippen molar-refractivity contribution in [3.05, 3.63) is 39.4 Å². The molecule has 8 heteroatoms. The van der Waals surface area contributed by atoms with Gasteiger partial charge in [-0.25, -0.2) is 4.98 Å². The summed E-state index contributed by atoms with van der Waals surface area (Å²) in [4.78, 5) is 17.9. The number of phenolic OH excluding ortho intramolecular Hbond substituents is 1. The minimum Gasteiger partial charge on any atom is -0.506 e. The third-order valence-corrected chi connectivity index (χ3v) is 9.68. The number of aromatic hydroxyl groups is 1. The van der Waals surface area contributed by atoms with Gasteiger partial charge in [-0.15, -0.1) is 11.3 Å². The Bertz CT molecular complexity index is 1120. The Balaban J connectivity index is 1.37. The number of phenols is 1. The van der Waals surface area contributed by atoms with Crippen molar-refractivity contribution < 1.29 is 15.1 Å². The summed E-state index contributed by atoms with van der Waals surface area (Å²) in [5, 5.41) is 27.7. The Morgan fingerprint density at radius 1 is 1.39 bits per heavy atom. The van der Waals surface area contributed by atoms with E-state index in [0.717, 1.165) is 54.7 Å². The fourth-order valence-electron chi connectivity index (χ4n) is 7.02. The van der Waals surface area contributed by atoms with Gasteiger partial charge in [-0.05, 0) is 86.3 Å². The average molecular weight is 488 g/mol. The van der Waals surface area contributed by atoms with Gasteiger partial charge < -0.3 is 15.6 Å². The number of oxime groups is 1. The van der Waals surface area contributed by atoms with Crippen LogP contribution < -0.4 is 5.32 Å². The van der Waals surface area contributed by atoms with Crippen LogP contribution in [0.3, 0.4) is 0 Å². The van der Waals surface area contributed by atoms with Crippen LogP contribution in [0.1, 0.15) is 67.4 Å². The van der Waals surface area contributed by atoms with Gasteiger partial charge in [0, 0.05) is 22.9 Å². The van der Waals surface area contributed by atoms with Crippen molar-refractivity contribution in [2.45, 2.75) is 64.7 Å². The lowest BCUT2D eigenvalue weighted by Crippen LogP contribution is -2.44. The monoisotopic (exact) mass is 487 g/mol. The first-order valence-corrected chi connectivity index (χ1v) is 12.9. The number of nitrogens with zero attached hydrogens (tertiary/aromatic N) is 2. The molecule has 6 nitrogen and oxygen atoms in total. The van der Waals surface area contributed by atoms with Crippen molar-refractivity contribution in [1.82, 2.24) is 4.98 Å². The molecule has 3 aliphatic rings. The predicted molar refractivity (Wildman–Crippen MR) is 131 cm³/mol. The number of benzene rings is 1. The first-order chi connectivity index (χ1) is 15.8. The molecule has 0 spiro atoms. The second-order valence-electron chi connectivity index (χ2n) is 10.1. The maximum Gasteiger partial charge on any atom is 0.226 e. The molecule has 1 amide bonds. The van der Waals surface area contributed by atoms with Gasteiger partial charge in [0.25, 0.3) is 0 Å². The Labute approximate surface area is 203 Å². The molecule has 2 fully saturated rings. The number of anilines is 1. The third kappa shape index (κ3) is 3.83. The maximum atomic E-state index is 12.6. The van der Waals surface area contributed by atoms with E-state index in [-0.39, 0.29) is 17.1 Å². The van der Waals surface area contributed by atoms with Crippen LogP contribution >= 0.6 is 22.9 Å². The molecule has 1 heterocycles. The molecule has 176 valence electrons. The van der Waals surface area contributed by atoms with E-state index in [0.29, 0.717) is 40.2 Å². The predicted octanol–water partition coefficient (Wildman–Crippen LogP) is 6.14. The van der Waals surface area contributed by atoms with Crippen LogP contribution in [0.15, 0.2) is 23.5 Å². The van der Waals surface area contributed by atoms with Gasteiger partial charge in [0.05, 0.1) is 10.7 Å². The number of nitrogens with one attached hydrogen (secondary N) is 1. The number of aromatic nitrogens is 1. The number of fused-ring (bicyclic) bond motifs is 5. The molecule has 3 aliphatic carbocycles. The summed E-state index contributed by atoms with van der Waals surface area (Å²) in [6.07, 6.45) is 7.53. The number of thiazole rings is 1. The van der Waals surface area contributed by atoms with E-state index in [4.69, 9.17) is 11.6 Å². The first kappa shape index (κ1) is 22.7. The van der Waals surface area contributed by atoms with Crippen LogP contribution in [0.25, 0.3) is 0 Å². The molecule has 5 atom stereocenters. The van der Waals surface area contributed by atoms with Crippen molar-refractivity contribution in [3.63, 3.8) is 0 Å². The summed E-state index contributed by atoms with van der Waals surface area (Å²) in [6, 6.07) is 3.76. The van der Waals surface area contributed by atoms with Crippen molar-refractivity contribution in [2.24, 2.45) is 28.3 Å². The van der Waals surface area contributed by atoms with Gasteiger partial charge in [-0.3, -0.25) is 4.79 Å². The minimum absolute atomic E-state index is 0.0101. The van der Waals surface area contributed by atoms with E-state index in [1.165, 1.54) is 16.9 Å². The van der Waals surface area contributed by atoms with Crippen LogP contribution in [0, 0.1) is 30.1 Å². The van der Waals surface area contributed by atoms with Crippen molar-refractivity contribution in [1.29, 1.82) is 0 Å². The number of amides is 1. The van der Waals surface area contributed by atoms with Crippen molar-refractivity contribution >= 4 is 39.7 Å². The fraction of sp³-hybridized carbons (Fsp3) is 0.560. The van der Waals surface area contributed by atoms with E-state index in [1.807, 2.05) is 13.0 Å².